The number of aryl methyl sites for hydroxylation is 1. The Bertz CT molecular complexity index is 515. The third kappa shape index (κ3) is 2.83. The van der Waals surface area contributed by atoms with Crippen LogP contribution in [0.3, 0.4) is 0 Å². The summed E-state index contributed by atoms with van der Waals surface area (Å²) in [7, 11) is 0. The first kappa shape index (κ1) is 13.2. The fourth-order valence-electron chi connectivity index (χ4n) is 1.44. The van der Waals surface area contributed by atoms with E-state index in [0.717, 1.165) is 0 Å². The van der Waals surface area contributed by atoms with E-state index in [2.05, 4.69) is 4.98 Å². The lowest BCUT2D eigenvalue weighted by molar-refractivity contribution is -0.146. The molecule has 0 aromatic carbocycles. The Labute approximate surface area is 98.2 Å². The summed E-state index contributed by atoms with van der Waals surface area (Å²) in [5.41, 5.74) is -0.557. The molecule has 0 radical (unpaired) electrons. The Morgan fingerprint density at radius 2 is 2.12 bits per heavy atom. The third-order valence-electron chi connectivity index (χ3n) is 2.47. The fraction of sp³-hybridized carbons (Fsp3) is 0.545. The highest BCUT2D eigenvalue weighted by molar-refractivity contribution is 5.73. The van der Waals surface area contributed by atoms with Gasteiger partial charge in [-0.3, -0.25) is 14.3 Å². The van der Waals surface area contributed by atoms with Gasteiger partial charge in [0.25, 0.3) is 5.56 Å². The molecule has 0 saturated heterocycles. The van der Waals surface area contributed by atoms with Crippen LogP contribution >= 0.6 is 0 Å². The minimum Gasteiger partial charge on any atom is -0.464 e. The van der Waals surface area contributed by atoms with Crippen LogP contribution < -0.4 is 11.2 Å². The molecule has 6 nitrogen and oxygen atoms in total. The number of rotatable bonds is 4. The van der Waals surface area contributed by atoms with Gasteiger partial charge in [-0.2, -0.15) is 0 Å². The van der Waals surface area contributed by atoms with Gasteiger partial charge in [-0.05, 0) is 20.3 Å². The first-order chi connectivity index (χ1) is 8.01. The predicted molar refractivity (Wildman–Crippen MR) is 62.0 cm³/mol. The van der Waals surface area contributed by atoms with Gasteiger partial charge in [0.05, 0.1) is 6.61 Å². The fourth-order valence-corrected chi connectivity index (χ4v) is 1.44. The number of H-pyrrole nitrogens is 1. The summed E-state index contributed by atoms with van der Waals surface area (Å²) in [4.78, 5) is 36.6. The quantitative estimate of drug-likeness (QED) is 0.763. The van der Waals surface area contributed by atoms with E-state index >= 15 is 0 Å². The van der Waals surface area contributed by atoms with Crippen molar-refractivity contribution < 1.29 is 9.53 Å². The summed E-state index contributed by atoms with van der Waals surface area (Å²) in [6, 6.07) is -0.746. The van der Waals surface area contributed by atoms with Gasteiger partial charge in [-0.15, -0.1) is 0 Å². The Hall–Kier alpha value is -1.85. The highest BCUT2D eigenvalue weighted by Gasteiger charge is 2.18. The Morgan fingerprint density at radius 1 is 1.47 bits per heavy atom. The van der Waals surface area contributed by atoms with E-state index in [-0.39, 0.29) is 6.61 Å². The molecule has 1 aromatic rings. The highest BCUT2D eigenvalue weighted by atomic mass is 16.5. The normalized spacial score (nSPS) is 12.2. The van der Waals surface area contributed by atoms with E-state index in [9.17, 15) is 14.4 Å². The standard InChI is InChI=1S/C11H16N2O4/c1-4-8-6-13(11(16)12-9(8)14)7(3)10(15)17-5-2/h6-7H,4-5H2,1-3H3,(H,12,14,16). The molecular weight excluding hydrogens is 224 g/mol. The average molecular weight is 240 g/mol. The first-order valence-corrected chi connectivity index (χ1v) is 5.52. The molecule has 1 unspecified atom stereocenters. The van der Waals surface area contributed by atoms with Crippen LogP contribution in [0.2, 0.25) is 0 Å². The van der Waals surface area contributed by atoms with Crippen molar-refractivity contribution in [2.24, 2.45) is 0 Å². The van der Waals surface area contributed by atoms with E-state index in [1.165, 1.54) is 10.8 Å². The van der Waals surface area contributed by atoms with Gasteiger partial charge in [-0.1, -0.05) is 6.92 Å². The number of aromatic amines is 1. The highest BCUT2D eigenvalue weighted by Crippen LogP contribution is 2.04. The van der Waals surface area contributed by atoms with Gasteiger partial charge in [0.2, 0.25) is 0 Å². The minimum atomic E-state index is -0.746. The van der Waals surface area contributed by atoms with Crippen LogP contribution in [0.15, 0.2) is 15.8 Å². The summed E-state index contributed by atoms with van der Waals surface area (Å²) in [6.07, 6.45) is 1.90. The number of aromatic nitrogens is 2. The van der Waals surface area contributed by atoms with Crippen LogP contribution in [0.4, 0.5) is 0 Å². The van der Waals surface area contributed by atoms with Crippen LogP contribution in [0.5, 0.6) is 0 Å². The van der Waals surface area contributed by atoms with E-state index in [0.29, 0.717) is 12.0 Å². The van der Waals surface area contributed by atoms with Crippen molar-refractivity contribution in [2.75, 3.05) is 6.61 Å². The number of esters is 1. The summed E-state index contributed by atoms with van der Waals surface area (Å²) in [6.45, 7) is 5.30. The zero-order valence-corrected chi connectivity index (χ0v) is 10.1. The molecule has 1 rings (SSSR count). The van der Waals surface area contributed by atoms with Gasteiger partial charge in [0.15, 0.2) is 0 Å². The Kier molecular flexibility index (Phi) is 4.25. The molecule has 0 aliphatic heterocycles. The topological polar surface area (TPSA) is 81.2 Å². The molecule has 1 heterocycles. The van der Waals surface area contributed by atoms with Crippen LogP contribution in [0.25, 0.3) is 0 Å². The molecular formula is C11H16N2O4. The van der Waals surface area contributed by atoms with E-state index in [4.69, 9.17) is 4.74 Å². The molecule has 0 aliphatic carbocycles. The second-order valence-corrected chi connectivity index (χ2v) is 3.60. The summed E-state index contributed by atoms with van der Waals surface area (Å²) >= 11 is 0. The lowest BCUT2D eigenvalue weighted by atomic mass is 10.2. The second kappa shape index (κ2) is 5.47. The van der Waals surface area contributed by atoms with Gasteiger partial charge in [0.1, 0.15) is 6.04 Å². The summed E-state index contributed by atoms with van der Waals surface area (Å²) < 4.78 is 6.00. The second-order valence-electron chi connectivity index (χ2n) is 3.60. The van der Waals surface area contributed by atoms with Crippen molar-refractivity contribution >= 4 is 5.97 Å². The van der Waals surface area contributed by atoms with Crippen LogP contribution in [-0.2, 0) is 16.0 Å². The number of carbonyl (C=O) groups is 1. The number of hydrogen-bond donors (Lipinski definition) is 1. The Morgan fingerprint density at radius 3 is 2.65 bits per heavy atom. The number of ether oxygens (including phenoxy) is 1. The van der Waals surface area contributed by atoms with E-state index < -0.39 is 23.3 Å². The van der Waals surface area contributed by atoms with Crippen molar-refractivity contribution in [3.63, 3.8) is 0 Å². The Balaban J connectivity index is 3.18. The first-order valence-electron chi connectivity index (χ1n) is 5.52. The van der Waals surface area contributed by atoms with Crippen LogP contribution in [0.1, 0.15) is 32.4 Å². The predicted octanol–water partition coefficient (Wildman–Crippen LogP) is 0.223. The number of hydrogen-bond acceptors (Lipinski definition) is 4. The van der Waals surface area contributed by atoms with E-state index in [1.54, 1.807) is 20.8 Å². The van der Waals surface area contributed by atoms with Crippen LogP contribution in [0, 0.1) is 0 Å². The van der Waals surface area contributed by atoms with Gasteiger partial charge in [0, 0.05) is 11.8 Å². The summed E-state index contributed by atoms with van der Waals surface area (Å²) in [5.74, 6) is -0.497. The van der Waals surface area contributed by atoms with Crippen molar-refractivity contribution in [3.8, 4) is 0 Å². The molecule has 0 bridgehead atoms. The average Bonchev–Trinajstić information content (AvgIpc) is 2.29. The zero-order valence-electron chi connectivity index (χ0n) is 10.1. The lowest BCUT2D eigenvalue weighted by Crippen LogP contribution is -2.36. The molecule has 0 aliphatic rings. The van der Waals surface area contributed by atoms with Gasteiger partial charge >= 0.3 is 11.7 Å². The number of nitrogens with one attached hydrogen (secondary N) is 1. The molecule has 0 amide bonds. The van der Waals surface area contributed by atoms with Crippen molar-refractivity contribution in [1.29, 1.82) is 0 Å². The molecule has 17 heavy (non-hydrogen) atoms. The maximum absolute atomic E-state index is 11.6. The molecule has 6 heteroatoms. The smallest absolute Gasteiger partial charge is 0.329 e. The molecule has 1 atom stereocenters. The van der Waals surface area contributed by atoms with Crippen molar-refractivity contribution in [3.05, 3.63) is 32.6 Å². The molecule has 0 saturated carbocycles. The van der Waals surface area contributed by atoms with Gasteiger partial charge in [-0.25, -0.2) is 9.59 Å². The zero-order chi connectivity index (χ0) is 13.0. The SMILES string of the molecule is CCOC(=O)C(C)n1cc(CC)c(=O)[nH]c1=O. The summed E-state index contributed by atoms with van der Waals surface area (Å²) in [5, 5.41) is 0. The van der Waals surface area contributed by atoms with E-state index in [1.807, 2.05) is 0 Å². The lowest BCUT2D eigenvalue weighted by Gasteiger charge is -2.13. The van der Waals surface area contributed by atoms with Crippen LogP contribution in [-0.4, -0.2) is 22.1 Å². The molecule has 0 spiro atoms. The largest absolute Gasteiger partial charge is 0.464 e. The molecule has 1 N–H and O–H groups in total. The van der Waals surface area contributed by atoms with Crippen molar-refractivity contribution in [1.82, 2.24) is 9.55 Å². The number of carbonyl (C=O) groups excluding carboxylic acids is 1. The maximum atomic E-state index is 11.6. The van der Waals surface area contributed by atoms with Crippen molar-refractivity contribution in [2.45, 2.75) is 33.2 Å². The molecule has 0 fully saturated rings. The third-order valence-corrected chi connectivity index (χ3v) is 2.47. The molecule has 94 valence electrons. The number of nitrogens with zero attached hydrogens (tertiary/aromatic N) is 1. The minimum absolute atomic E-state index is 0.252. The monoisotopic (exact) mass is 240 g/mol. The molecule has 1 aromatic heterocycles. The van der Waals surface area contributed by atoms with Gasteiger partial charge < -0.3 is 4.74 Å². The maximum Gasteiger partial charge on any atom is 0.329 e.